The number of hydrogen-bond donors (Lipinski definition) is 1. The molecule has 2 aliphatic rings. The molecule has 7 nitrogen and oxygen atoms in total. The van der Waals surface area contributed by atoms with Crippen LogP contribution in [0.5, 0.6) is 17.2 Å². The molecule has 2 fully saturated rings. The Balaban J connectivity index is 1.31. The number of thiocarbonyl (C=S) groups is 1. The van der Waals surface area contributed by atoms with Crippen molar-refractivity contribution in [2.45, 2.75) is 37.6 Å². The molecule has 38 heavy (non-hydrogen) atoms. The fourth-order valence-corrected chi connectivity index (χ4v) is 5.60. The largest absolute Gasteiger partial charge is 0.497 e. The highest BCUT2D eigenvalue weighted by Crippen LogP contribution is 2.42. The van der Waals surface area contributed by atoms with E-state index < -0.39 is 0 Å². The van der Waals surface area contributed by atoms with Crippen LogP contribution in [0.3, 0.4) is 0 Å². The second-order valence-electron chi connectivity index (χ2n) is 9.49. The van der Waals surface area contributed by atoms with E-state index in [1.54, 1.807) is 7.11 Å². The first-order chi connectivity index (χ1) is 18.7. The number of benzene rings is 2. The van der Waals surface area contributed by atoms with E-state index in [2.05, 4.69) is 44.2 Å². The number of pyridine rings is 1. The second kappa shape index (κ2) is 10.8. The molecular formula is C30H30N4O3S. The van der Waals surface area contributed by atoms with Gasteiger partial charge in [0.1, 0.15) is 23.3 Å². The molecule has 0 unspecified atom stereocenters. The molecule has 6 rings (SSSR count). The van der Waals surface area contributed by atoms with E-state index in [1.165, 1.54) is 5.69 Å². The van der Waals surface area contributed by atoms with Crippen molar-refractivity contribution in [2.24, 2.45) is 0 Å². The van der Waals surface area contributed by atoms with Gasteiger partial charge in [0.25, 0.3) is 0 Å². The Hall–Kier alpha value is -3.88. The van der Waals surface area contributed by atoms with Crippen molar-refractivity contribution in [2.75, 3.05) is 18.6 Å². The standard InChI is InChI=1S/C30H30N4O3S/c1-35-22-13-15-24(16-14-22)37-23-11-9-21(10-12-23)34-29(28(32-30(34)38)26-7-2-3-17-31-26)27-8-4-18-33(27)20-25-6-5-19-36-25/h2-4,7-18,25,28-29H,5-6,19-20H2,1H3,(H,32,38)/t25-,28+,29-/m0/s1. The molecule has 0 spiro atoms. The topological polar surface area (TPSA) is 60.8 Å². The lowest BCUT2D eigenvalue weighted by atomic mass is 10.0. The molecule has 2 saturated heterocycles. The van der Waals surface area contributed by atoms with Gasteiger partial charge in [-0.05, 0) is 97.9 Å². The lowest BCUT2D eigenvalue weighted by molar-refractivity contribution is 0.0961. The molecule has 8 heteroatoms. The Morgan fingerprint density at radius 3 is 2.42 bits per heavy atom. The van der Waals surface area contributed by atoms with E-state index in [1.807, 2.05) is 66.9 Å². The maximum absolute atomic E-state index is 6.05. The average molecular weight is 527 g/mol. The van der Waals surface area contributed by atoms with Gasteiger partial charge in [0, 0.05) is 36.9 Å². The van der Waals surface area contributed by atoms with Crippen LogP contribution in [0.2, 0.25) is 0 Å². The van der Waals surface area contributed by atoms with Crippen molar-refractivity contribution < 1.29 is 14.2 Å². The Morgan fingerprint density at radius 1 is 0.974 bits per heavy atom. The van der Waals surface area contributed by atoms with Gasteiger partial charge in [-0.1, -0.05) is 6.07 Å². The molecule has 0 amide bonds. The van der Waals surface area contributed by atoms with Crippen LogP contribution < -0.4 is 19.7 Å². The first-order valence-electron chi connectivity index (χ1n) is 12.9. The van der Waals surface area contributed by atoms with Gasteiger partial charge in [0.15, 0.2) is 5.11 Å². The summed E-state index contributed by atoms with van der Waals surface area (Å²) >= 11 is 5.91. The summed E-state index contributed by atoms with van der Waals surface area (Å²) in [5.74, 6) is 2.29. The minimum atomic E-state index is -0.0999. The molecule has 2 aromatic carbocycles. The fraction of sp³-hybridized carbons (Fsp3) is 0.267. The summed E-state index contributed by atoms with van der Waals surface area (Å²) in [6, 6.07) is 25.7. The van der Waals surface area contributed by atoms with E-state index in [0.29, 0.717) is 5.11 Å². The van der Waals surface area contributed by atoms with Crippen molar-refractivity contribution in [1.29, 1.82) is 0 Å². The van der Waals surface area contributed by atoms with Crippen LogP contribution in [0, 0.1) is 0 Å². The van der Waals surface area contributed by atoms with Crippen LogP contribution in [0.15, 0.2) is 91.3 Å². The van der Waals surface area contributed by atoms with E-state index in [0.717, 1.165) is 54.6 Å². The molecule has 194 valence electrons. The molecule has 4 heterocycles. The maximum Gasteiger partial charge on any atom is 0.174 e. The van der Waals surface area contributed by atoms with Gasteiger partial charge >= 0.3 is 0 Å². The van der Waals surface area contributed by atoms with Crippen LogP contribution in [-0.4, -0.2) is 34.5 Å². The Kier molecular flexibility index (Phi) is 6.98. The summed E-state index contributed by atoms with van der Waals surface area (Å²) in [7, 11) is 1.65. The van der Waals surface area contributed by atoms with E-state index in [4.69, 9.17) is 26.4 Å². The number of anilines is 1. The number of nitrogens with zero attached hydrogens (tertiary/aromatic N) is 3. The monoisotopic (exact) mass is 526 g/mol. The number of rotatable bonds is 8. The van der Waals surface area contributed by atoms with Crippen molar-refractivity contribution in [3.8, 4) is 17.2 Å². The zero-order valence-corrected chi connectivity index (χ0v) is 22.0. The van der Waals surface area contributed by atoms with Crippen LogP contribution in [-0.2, 0) is 11.3 Å². The third-order valence-corrected chi connectivity index (χ3v) is 7.41. The zero-order chi connectivity index (χ0) is 25.9. The number of hydrogen-bond acceptors (Lipinski definition) is 5. The molecule has 0 radical (unpaired) electrons. The summed E-state index contributed by atoms with van der Waals surface area (Å²) in [4.78, 5) is 6.87. The van der Waals surface area contributed by atoms with E-state index in [-0.39, 0.29) is 18.2 Å². The molecule has 3 atom stereocenters. The van der Waals surface area contributed by atoms with Gasteiger partial charge < -0.3 is 29.0 Å². The molecule has 0 saturated carbocycles. The van der Waals surface area contributed by atoms with Crippen LogP contribution >= 0.6 is 12.2 Å². The number of nitrogens with one attached hydrogen (secondary N) is 1. The lowest BCUT2D eigenvalue weighted by Crippen LogP contribution is -2.31. The number of aromatic nitrogens is 2. The van der Waals surface area contributed by atoms with E-state index in [9.17, 15) is 0 Å². The van der Waals surface area contributed by atoms with Gasteiger partial charge in [0.05, 0.1) is 24.9 Å². The Labute approximate surface area is 228 Å². The number of methoxy groups -OCH3 is 1. The van der Waals surface area contributed by atoms with Crippen molar-refractivity contribution in [3.05, 3.63) is 103 Å². The first kappa shape index (κ1) is 24.5. The van der Waals surface area contributed by atoms with Crippen molar-refractivity contribution >= 4 is 23.0 Å². The average Bonchev–Trinajstić information content (AvgIpc) is 3.71. The summed E-state index contributed by atoms with van der Waals surface area (Å²) in [6.45, 7) is 1.66. The lowest BCUT2D eigenvalue weighted by Gasteiger charge is -2.29. The summed E-state index contributed by atoms with van der Waals surface area (Å²) in [6.07, 6.45) is 6.40. The zero-order valence-electron chi connectivity index (χ0n) is 21.2. The number of ether oxygens (including phenoxy) is 3. The minimum Gasteiger partial charge on any atom is -0.497 e. The molecule has 1 N–H and O–H groups in total. The highest BCUT2D eigenvalue weighted by molar-refractivity contribution is 7.80. The van der Waals surface area contributed by atoms with Crippen molar-refractivity contribution in [3.63, 3.8) is 0 Å². The normalized spacial score (nSPS) is 20.9. The summed E-state index contributed by atoms with van der Waals surface area (Å²) < 4.78 is 19.6. The SMILES string of the molecule is COc1ccc(Oc2ccc(N3C(=S)N[C@H](c4ccccn4)[C@@H]3c3cccn3C[C@@H]3CCCO3)cc2)cc1. The fourth-order valence-electron chi connectivity index (χ4n) is 5.26. The van der Waals surface area contributed by atoms with Gasteiger partial charge in [-0.15, -0.1) is 0 Å². The van der Waals surface area contributed by atoms with Crippen LogP contribution in [0.4, 0.5) is 5.69 Å². The maximum atomic E-state index is 6.05. The smallest absolute Gasteiger partial charge is 0.174 e. The predicted octanol–water partition coefficient (Wildman–Crippen LogP) is 6.04. The third kappa shape index (κ3) is 4.97. The first-order valence-corrected chi connectivity index (χ1v) is 13.3. The molecular weight excluding hydrogens is 496 g/mol. The van der Waals surface area contributed by atoms with Gasteiger partial charge in [0.2, 0.25) is 0 Å². The predicted molar refractivity (Wildman–Crippen MR) is 151 cm³/mol. The highest BCUT2D eigenvalue weighted by Gasteiger charge is 2.42. The second-order valence-corrected chi connectivity index (χ2v) is 9.88. The quantitative estimate of drug-likeness (QED) is 0.281. The summed E-state index contributed by atoms with van der Waals surface area (Å²) in [5, 5.41) is 4.22. The van der Waals surface area contributed by atoms with Gasteiger partial charge in [-0.2, -0.15) is 0 Å². The molecule has 2 aromatic heterocycles. The Morgan fingerprint density at radius 2 is 1.74 bits per heavy atom. The molecule has 4 aromatic rings. The third-order valence-electron chi connectivity index (χ3n) is 7.10. The summed E-state index contributed by atoms with van der Waals surface area (Å²) in [5.41, 5.74) is 3.10. The minimum absolute atomic E-state index is 0.0813. The van der Waals surface area contributed by atoms with E-state index >= 15 is 0 Å². The molecule has 0 aliphatic carbocycles. The van der Waals surface area contributed by atoms with Crippen molar-refractivity contribution in [1.82, 2.24) is 14.9 Å². The Bertz CT molecular complexity index is 1370. The highest BCUT2D eigenvalue weighted by atomic mass is 32.1. The molecule has 2 aliphatic heterocycles. The van der Waals surface area contributed by atoms with Gasteiger partial charge in [-0.25, -0.2) is 0 Å². The van der Waals surface area contributed by atoms with Gasteiger partial charge in [-0.3, -0.25) is 4.98 Å². The van der Waals surface area contributed by atoms with Crippen LogP contribution in [0.25, 0.3) is 0 Å². The molecule has 0 bridgehead atoms. The van der Waals surface area contributed by atoms with Crippen LogP contribution in [0.1, 0.15) is 36.3 Å².